The van der Waals surface area contributed by atoms with Crippen LogP contribution in [0.3, 0.4) is 0 Å². The number of carbonyl (C=O) groups is 2. The van der Waals surface area contributed by atoms with Crippen LogP contribution in [0.4, 0.5) is 10.1 Å². The number of benzene rings is 2. The molecule has 0 bridgehead atoms. The summed E-state index contributed by atoms with van der Waals surface area (Å²) in [5.74, 6) is 0.336. The van der Waals surface area contributed by atoms with Crippen LogP contribution in [0.15, 0.2) is 46.9 Å². The maximum atomic E-state index is 14.1. The van der Waals surface area contributed by atoms with E-state index in [2.05, 4.69) is 5.32 Å². The normalized spacial score (nSPS) is 14.8. The molecule has 4 rings (SSSR count). The molecule has 1 unspecified atom stereocenters. The first-order valence-corrected chi connectivity index (χ1v) is 13.4. The van der Waals surface area contributed by atoms with E-state index in [1.807, 2.05) is 12.1 Å². The lowest BCUT2D eigenvalue weighted by Crippen LogP contribution is -2.29. The first-order chi connectivity index (χ1) is 18.4. The largest absolute Gasteiger partial charge is 0.466 e. The number of ether oxygens (including phenoxy) is 2. The van der Waals surface area contributed by atoms with E-state index in [4.69, 9.17) is 13.9 Å². The minimum absolute atomic E-state index is 0.121. The van der Waals surface area contributed by atoms with Gasteiger partial charge >= 0.3 is 5.97 Å². The van der Waals surface area contributed by atoms with Crippen LogP contribution >= 0.6 is 0 Å². The summed E-state index contributed by atoms with van der Waals surface area (Å²) < 4.78 is 30.9. The van der Waals surface area contributed by atoms with Crippen LogP contribution in [0.5, 0.6) is 0 Å². The average molecular weight is 525 g/mol. The zero-order chi connectivity index (χ0) is 27.1. The Morgan fingerprint density at radius 3 is 2.55 bits per heavy atom. The van der Waals surface area contributed by atoms with Gasteiger partial charge in [0.15, 0.2) is 0 Å². The Morgan fingerprint density at radius 2 is 1.87 bits per heavy atom. The number of amides is 1. The van der Waals surface area contributed by atoms with Crippen LogP contribution < -0.4 is 5.32 Å². The molecule has 3 aromatic rings. The molecule has 1 aromatic heterocycles. The van der Waals surface area contributed by atoms with Crippen molar-refractivity contribution in [3.8, 4) is 0 Å². The quantitative estimate of drug-likeness (QED) is 0.289. The van der Waals surface area contributed by atoms with Gasteiger partial charge in [-0.25, -0.2) is 4.39 Å². The van der Waals surface area contributed by atoms with Gasteiger partial charge < -0.3 is 24.1 Å². The van der Waals surface area contributed by atoms with E-state index in [-0.39, 0.29) is 36.7 Å². The second-order valence-corrected chi connectivity index (χ2v) is 9.90. The van der Waals surface area contributed by atoms with Gasteiger partial charge in [-0.15, -0.1) is 0 Å². The maximum Gasteiger partial charge on any atom is 0.307 e. The molecule has 0 aliphatic heterocycles. The summed E-state index contributed by atoms with van der Waals surface area (Å²) in [6.45, 7) is 2.69. The minimum Gasteiger partial charge on any atom is -0.466 e. The summed E-state index contributed by atoms with van der Waals surface area (Å²) in [6, 6.07) is 11.8. The Kier molecular flexibility index (Phi) is 9.39. The summed E-state index contributed by atoms with van der Waals surface area (Å²) in [5.41, 5.74) is 2.90. The van der Waals surface area contributed by atoms with Gasteiger partial charge in [0.25, 0.3) is 5.91 Å². The fourth-order valence-corrected chi connectivity index (χ4v) is 5.25. The van der Waals surface area contributed by atoms with Gasteiger partial charge in [-0.05, 0) is 68.1 Å². The molecular weight excluding hydrogens is 487 g/mol. The van der Waals surface area contributed by atoms with Crippen LogP contribution in [0.25, 0.3) is 11.0 Å². The summed E-state index contributed by atoms with van der Waals surface area (Å²) in [5, 5.41) is 4.39. The summed E-state index contributed by atoms with van der Waals surface area (Å²) in [4.78, 5) is 26.0. The lowest BCUT2D eigenvalue weighted by molar-refractivity contribution is -0.143. The molecule has 1 amide bonds. The highest BCUT2D eigenvalue weighted by Gasteiger charge is 2.31. The fraction of sp³-hybridized carbons (Fsp3) is 0.467. The standard InChI is InChI=1S/C30H37FN2O5/c1-4-37-27(34)16-17-33(2)30(35)21-10-13-23(14-11-21)32-28(20-8-6-5-7-9-20)29-25(19-36-3)24-18-22(31)12-15-26(24)38-29/h10-15,18,20,28,32H,4-9,16-17,19H2,1-3H3. The number of nitrogens with one attached hydrogen (secondary N) is 1. The van der Waals surface area contributed by atoms with E-state index in [1.165, 1.54) is 23.5 Å². The van der Waals surface area contributed by atoms with Crippen molar-refractivity contribution in [2.24, 2.45) is 5.92 Å². The first kappa shape index (κ1) is 27.6. The van der Waals surface area contributed by atoms with Crippen molar-refractivity contribution in [3.05, 3.63) is 65.2 Å². The van der Waals surface area contributed by atoms with Crippen molar-refractivity contribution in [2.45, 2.75) is 58.1 Å². The van der Waals surface area contributed by atoms with Crippen molar-refractivity contribution in [2.75, 3.05) is 32.6 Å². The highest BCUT2D eigenvalue weighted by Crippen LogP contribution is 2.41. The Balaban J connectivity index is 1.56. The topological polar surface area (TPSA) is 81.0 Å². The van der Waals surface area contributed by atoms with Crippen LogP contribution in [0.1, 0.15) is 73.2 Å². The molecule has 2 aromatic carbocycles. The third kappa shape index (κ3) is 6.54. The molecule has 1 heterocycles. The molecule has 1 saturated carbocycles. The number of anilines is 1. The minimum atomic E-state index is -0.318. The van der Waals surface area contributed by atoms with Gasteiger partial charge in [-0.3, -0.25) is 9.59 Å². The number of hydrogen-bond donors (Lipinski definition) is 1. The second kappa shape index (κ2) is 12.9. The number of methoxy groups -OCH3 is 1. The SMILES string of the molecule is CCOC(=O)CCN(C)C(=O)c1ccc(NC(c2oc3ccc(F)cc3c2COC)C2CCCCC2)cc1. The Morgan fingerprint density at radius 1 is 1.13 bits per heavy atom. The van der Waals surface area contributed by atoms with Crippen molar-refractivity contribution >= 4 is 28.5 Å². The number of halogens is 1. The molecule has 38 heavy (non-hydrogen) atoms. The molecule has 0 spiro atoms. The lowest BCUT2D eigenvalue weighted by Gasteiger charge is -2.31. The predicted octanol–water partition coefficient (Wildman–Crippen LogP) is 6.48. The van der Waals surface area contributed by atoms with Gasteiger partial charge in [-0.2, -0.15) is 0 Å². The highest BCUT2D eigenvalue weighted by molar-refractivity contribution is 5.94. The van der Waals surface area contributed by atoms with Gasteiger partial charge in [0.05, 0.1) is 25.7 Å². The summed E-state index contributed by atoms with van der Waals surface area (Å²) >= 11 is 0. The molecule has 204 valence electrons. The zero-order valence-corrected chi connectivity index (χ0v) is 22.4. The molecule has 0 saturated heterocycles. The number of carbonyl (C=O) groups excluding carboxylic acids is 2. The number of esters is 1. The first-order valence-electron chi connectivity index (χ1n) is 13.4. The number of rotatable bonds is 11. The van der Waals surface area contributed by atoms with E-state index in [0.29, 0.717) is 30.3 Å². The van der Waals surface area contributed by atoms with Crippen molar-refractivity contribution in [1.29, 1.82) is 0 Å². The predicted molar refractivity (Wildman–Crippen MR) is 144 cm³/mol. The van der Waals surface area contributed by atoms with E-state index in [0.717, 1.165) is 48.1 Å². The molecule has 8 heteroatoms. The Bertz CT molecular complexity index is 1230. The van der Waals surface area contributed by atoms with Crippen LogP contribution in [0.2, 0.25) is 0 Å². The van der Waals surface area contributed by atoms with E-state index in [1.54, 1.807) is 39.3 Å². The second-order valence-electron chi connectivity index (χ2n) is 9.90. The van der Waals surface area contributed by atoms with Gasteiger partial charge in [0.1, 0.15) is 17.2 Å². The molecule has 1 aliphatic rings. The molecule has 1 N–H and O–H groups in total. The van der Waals surface area contributed by atoms with Gasteiger partial charge in [0.2, 0.25) is 0 Å². The summed E-state index contributed by atoms with van der Waals surface area (Å²) in [7, 11) is 3.30. The summed E-state index contributed by atoms with van der Waals surface area (Å²) in [6.07, 6.45) is 5.82. The zero-order valence-electron chi connectivity index (χ0n) is 22.4. The van der Waals surface area contributed by atoms with Crippen molar-refractivity contribution in [1.82, 2.24) is 4.90 Å². The average Bonchev–Trinajstić information content (AvgIpc) is 3.28. The monoisotopic (exact) mass is 524 g/mol. The number of fused-ring (bicyclic) bond motifs is 1. The Hall–Kier alpha value is -3.39. The van der Waals surface area contributed by atoms with E-state index < -0.39 is 0 Å². The van der Waals surface area contributed by atoms with Gasteiger partial charge in [-0.1, -0.05) is 19.3 Å². The third-order valence-corrected chi connectivity index (χ3v) is 7.23. The molecule has 1 aliphatic carbocycles. The van der Waals surface area contributed by atoms with E-state index >= 15 is 0 Å². The number of furan rings is 1. The lowest BCUT2D eigenvalue weighted by atomic mass is 9.82. The molecule has 0 radical (unpaired) electrons. The smallest absolute Gasteiger partial charge is 0.307 e. The van der Waals surface area contributed by atoms with Crippen LogP contribution in [-0.4, -0.2) is 44.1 Å². The van der Waals surface area contributed by atoms with E-state index in [9.17, 15) is 14.0 Å². The molecule has 1 atom stereocenters. The van der Waals surface area contributed by atoms with Crippen molar-refractivity contribution < 1.29 is 27.9 Å². The number of hydrogen-bond acceptors (Lipinski definition) is 6. The highest BCUT2D eigenvalue weighted by atomic mass is 19.1. The van der Waals surface area contributed by atoms with Crippen LogP contribution in [-0.2, 0) is 20.9 Å². The maximum absolute atomic E-state index is 14.1. The fourth-order valence-electron chi connectivity index (χ4n) is 5.25. The van der Waals surface area contributed by atoms with Gasteiger partial charge in [0, 0.05) is 42.9 Å². The molecule has 7 nitrogen and oxygen atoms in total. The Labute approximate surface area is 223 Å². The molecule has 1 fully saturated rings. The third-order valence-electron chi connectivity index (χ3n) is 7.23. The number of nitrogens with zero attached hydrogens (tertiary/aromatic N) is 1. The van der Waals surface area contributed by atoms with Crippen molar-refractivity contribution in [3.63, 3.8) is 0 Å². The van der Waals surface area contributed by atoms with Crippen LogP contribution in [0, 0.1) is 11.7 Å². The molecular formula is C30H37FN2O5.